The molecular weight excluding hydrogens is 484 g/mol. The van der Waals surface area contributed by atoms with Gasteiger partial charge in [-0.1, -0.05) is 35.6 Å². The predicted octanol–water partition coefficient (Wildman–Crippen LogP) is 2.32. The van der Waals surface area contributed by atoms with E-state index in [2.05, 4.69) is 19.8 Å². The molecule has 1 N–H and O–H groups in total. The van der Waals surface area contributed by atoms with Gasteiger partial charge in [0, 0.05) is 51.4 Å². The van der Waals surface area contributed by atoms with Crippen LogP contribution in [0.1, 0.15) is 30.9 Å². The summed E-state index contributed by atoms with van der Waals surface area (Å²) in [5.41, 5.74) is 3.00. The number of hydrogen-bond acceptors (Lipinski definition) is 8. The lowest BCUT2D eigenvalue weighted by Gasteiger charge is -2.37. The summed E-state index contributed by atoms with van der Waals surface area (Å²) in [7, 11) is -1.73. The summed E-state index contributed by atoms with van der Waals surface area (Å²) in [6.07, 6.45) is 7.21. The van der Waals surface area contributed by atoms with Gasteiger partial charge in [0.15, 0.2) is 9.34 Å². The third-order valence-corrected chi connectivity index (χ3v) is 10.9. The minimum Gasteiger partial charge on any atom is -0.392 e. The standard InChI is InChI=1S/C24H30N6O3S2/c1-27-16-25-12-22(27)20-6-3-2-5-19(20)21-7-4-8-30(21)35(32,33)23-13-26-24(34-23)29-10-9-28-15-18(31)11-17(28)14-29/h2-3,5-6,12-13,16-18,21,31H,4,7-11,14-15H2,1H3. The Kier molecular flexibility index (Phi) is 5.92. The number of piperazine rings is 1. The molecule has 0 spiro atoms. The molecule has 5 heterocycles. The second-order valence-electron chi connectivity index (χ2n) is 9.70. The summed E-state index contributed by atoms with van der Waals surface area (Å²) >= 11 is 1.26. The number of thiazole rings is 1. The van der Waals surface area contributed by atoms with Crippen molar-refractivity contribution in [3.8, 4) is 11.3 Å². The van der Waals surface area contributed by atoms with E-state index in [-0.39, 0.29) is 12.1 Å². The zero-order valence-electron chi connectivity index (χ0n) is 19.7. The second-order valence-corrected chi connectivity index (χ2v) is 12.8. The molecule has 3 unspecified atom stereocenters. The van der Waals surface area contributed by atoms with Crippen LogP contribution in [0, 0.1) is 0 Å². The highest BCUT2D eigenvalue weighted by Crippen LogP contribution is 2.42. The number of benzene rings is 1. The van der Waals surface area contributed by atoms with Gasteiger partial charge in [-0.3, -0.25) is 4.90 Å². The molecule has 35 heavy (non-hydrogen) atoms. The van der Waals surface area contributed by atoms with E-state index in [9.17, 15) is 13.5 Å². The Labute approximate surface area is 209 Å². The lowest BCUT2D eigenvalue weighted by Crippen LogP contribution is -2.50. The topological polar surface area (TPSA) is 94.8 Å². The van der Waals surface area contributed by atoms with Gasteiger partial charge in [-0.05, 0) is 24.8 Å². The molecule has 3 aliphatic rings. The summed E-state index contributed by atoms with van der Waals surface area (Å²) in [5, 5.41) is 10.7. The Bertz CT molecular complexity index is 1320. The van der Waals surface area contributed by atoms with Crippen molar-refractivity contribution in [3.63, 3.8) is 0 Å². The van der Waals surface area contributed by atoms with E-state index in [1.807, 2.05) is 42.1 Å². The first-order valence-electron chi connectivity index (χ1n) is 12.1. The van der Waals surface area contributed by atoms with Crippen molar-refractivity contribution in [3.05, 3.63) is 48.5 Å². The summed E-state index contributed by atoms with van der Waals surface area (Å²) in [4.78, 5) is 13.3. The number of rotatable bonds is 5. The quantitative estimate of drug-likeness (QED) is 0.558. The summed E-state index contributed by atoms with van der Waals surface area (Å²) in [5.74, 6) is 0. The molecule has 0 radical (unpaired) electrons. The van der Waals surface area contributed by atoms with Crippen molar-refractivity contribution >= 4 is 26.5 Å². The van der Waals surface area contributed by atoms with Crippen LogP contribution in [-0.2, 0) is 17.1 Å². The van der Waals surface area contributed by atoms with Gasteiger partial charge in [-0.2, -0.15) is 4.31 Å². The van der Waals surface area contributed by atoms with Crippen molar-refractivity contribution in [1.82, 2.24) is 23.7 Å². The van der Waals surface area contributed by atoms with E-state index >= 15 is 0 Å². The fourth-order valence-corrected chi connectivity index (χ4v) is 8.76. The van der Waals surface area contributed by atoms with E-state index in [1.54, 1.807) is 10.6 Å². The number of aromatic nitrogens is 3. The number of aliphatic hydroxyl groups excluding tert-OH is 1. The third-order valence-electron chi connectivity index (χ3n) is 7.52. The fourth-order valence-electron chi connectivity index (χ4n) is 5.80. The zero-order valence-corrected chi connectivity index (χ0v) is 21.3. The first-order valence-corrected chi connectivity index (χ1v) is 14.4. The van der Waals surface area contributed by atoms with Gasteiger partial charge >= 0.3 is 0 Å². The molecule has 3 atom stereocenters. The van der Waals surface area contributed by atoms with E-state index in [4.69, 9.17) is 0 Å². The number of aryl methyl sites for hydroxylation is 1. The van der Waals surface area contributed by atoms with E-state index in [0.717, 1.165) is 67.4 Å². The van der Waals surface area contributed by atoms with Crippen LogP contribution in [0.5, 0.6) is 0 Å². The van der Waals surface area contributed by atoms with Gasteiger partial charge in [0.1, 0.15) is 0 Å². The van der Waals surface area contributed by atoms with Crippen LogP contribution >= 0.6 is 11.3 Å². The number of aliphatic hydroxyl groups is 1. The Morgan fingerprint density at radius 1 is 1.11 bits per heavy atom. The Hall–Kier alpha value is -2.31. The lowest BCUT2D eigenvalue weighted by atomic mass is 9.97. The monoisotopic (exact) mass is 514 g/mol. The molecule has 0 aliphatic carbocycles. The van der Waals surface area contributed by atoms with Gasteiger partial charge in [-0.25, -0.2) is 18.4 Å². The fraction of sp³-hybridized carbons (Fsp3) is 0.500. The van der Waals surface area contributed by atoms with Crippen LogP contribution in [-0.4, -0.2) is 82.1 Å². The Morgan fingerprint density at radius 2 is 1.97 bits per heavy atom. The van der Waals surface area contributed by atoms with Crippen molar-refractivity contribution in [2.45, 2.75) is 41.7 Å². The highest BCUT2D eigenvalue weighted by molar-refractivity contribution is 7.91. The van der Waals surface area contributed by atoms with Gasteiger partial charge < -0.3 is 14.6 Å². The highest BCUT2D eigenvalue weighted by Gasteiger charge is 2.40. The van der Waals surface area contributed by atoms with Crippen LogP contribution in [0.2, 0.25) is 0 Å². The zero-order chi connectivity index (χ0) is 24.2. The number of hydrogen-bond donors (Lipinski definition) is 1. The molecule has 9 nitrogen and oxygen atoms in total. The lowest BCUT2D eigenvalue weighted by molar-refractivity contribution is 0.173. The van der Waals surface area contributed by atoms with Crippen LogP contribution in [0.15, 0.2) is 47.2 Å². The molecule has 0 saturated carbocycles. The number of fused-ring (bicyclic) bond motifs is 1. The first-order chi connectivity index (χ1) is 16.9. The second kappa shape index (κ2) is 8.97. The molecule has 1 aromatic carbocycles. The van der Waals surface area contributed by atoms with Crippen molar-refractivity contribution in [2.75, 3.05) is 37.6 Å². The average Bonchev–Trinajstić information content (AvgIpc) is 3.64. The first kappa shape index (κ1) is 23.1. The summed E-state index contributed by atoms with van der Waals surface area (Å²) in [6.45, 7) is 3.66. The van der Waals surface area contributed by atoms with Gasteiger partial charge in [0.25, 0.3) is 10.0 Å². The van der Waals surface area contributed by atoms with Crippen LogP contribution in [0.3, 0.4) is 0 Å². The summed E-state index contributed by atoms with van der Waals surface area (Å²) < 4.78 is 31.6. The molecule has 0 amide bonds. The Balaban J connectivity index is 1.27. The molecule has 0 bridgehead atoms. The predicted molar refractivity (Wildman–Crippen MR) is 135 cm³/mol. The molecule has 3 aromatic rings. The van der Waals surface area contributed by atoms with Crippen molar-refractivity contribution in [1.29, 1.82) is 0 Å². The van der Waals surface area contributed by atoms with Crippen molar-refractivity contribution in [2.24, 2.45) is 7.05 Å². The molecule has 6 rings (SSSR count). The van der Waals surface area contributed by atoms with Gasteiger partial charge in [-0.15, -0.1) is 0 Å². The van der Waals surface area contributed by atoms with E-state index < -0.39 is 10.0 Å². The molecular formula is C24H30N6O3S2. The van der Waals surface area contributed by atoms with Crippen LogP contribution < -0.4 is 4.90 Å². The van der Waals surface area contributed by atoms with E-state index in [1.165, 1.54) is 17.5 Å². The van der Waals surface area contributed by atoms with Gasteiger partial charge in [0.2, 0.25) is 0 Å². The number of imidazole rings is 1. The van der Waals surface area contributed by atoms with Crippen LogP contribution in [0.25, 0.3) is 11.3 Å². The van der Waals surface area contributed by atoms with E-state index in [0.29, 0.717) is 16.8 Å². The Morgan fingerprint density at radius 3 is 2.80 bits per heavy atom. The normalized spacial score (nSPS) is 25.9. The van der Waals surface area contributed by atoms with Crippen LogP contribution in [0.4, 0.5) is 5.13 Å². The maximum absolute atomic E-state index is 13.8. The highest BCUT2D eigenvalue weighted by atomic mass is 32.2. The molecule has 186 valence electrons. The van der Waals surface area contributed by atoms with Gasteiger partial charge in [0.05, 0.1) is 36.6 Å². The minimum atomic E-state index is -3.69. The average molecular weight is 515 g/mol. The molecule has 3 saturated heterocycles. The molecule has 3 fully saturated rings. The number of sulfonamides is 1. The number of anilines is 1. The maximum Gasteiger partial charge on any atom is 0.254 e. The molecule has 11 heteroatoms. The smallest absolute Gasteiger partial charge is 0.254 e. The van der Waals surface area contributed by atoms with Crippen molar-refractivity contribution < 1.29 is 13.5 Å². The minimum absolute atomic E-state index is 0.222. The number of nitrogens with zero attached hydrogens (tertiary/aromatic N) is 6. The maximum atomic E-state index is 13.8. The molecule has 2 aromatic heterocycles. The summed E-state index contributed by atoms with van der Waals surface area (Å²) in [6, 6.07) is 8.12. The third kappa shape index (κ3) is 4.09. The SMILES string of the molecule is Cn1cncc1-c1ccccc1C1CCCN1S(=O)(=O)c1cnc(N2CCN3CC(O)CC3C2)s1. The largest absolute Gasteiger partial charge is 0.392 e. The molecule has 3 aliphatic heterocycles.